The number of carbonyl (C=O) groups excluding carboxylic acids is 1. The van der Waals surface area contributed by atoms with E-state index < -0.39 is 6.10 Å². The zero-order valence-corrected chi connectivity index (χ0v) is 14.9. The lowest BCUT2D eigenvalue weighted by Gasteiger charge is -2.19. The number of nitrogens with one attached hydrogen (secondary N) is 1. The van der Waals surface area contributed by atoms with Gasteiger partial charge in [-0.1, -0.05) is 5.16 Å². The summed E-state index contributed by atoms with van der Waals surface area (Å²) >= 11 is 1.66. The first-order chi connectivity index (χ1) is 10.9. The third kappa shape index (κ3) is 4.28. The summed E-state index contributed by atoms with van der Waals surface area (Å²) in [6.07, 6.45) is 1.43. The maximum atomic E-state index is 12.3. The molecule has 0 aliphatic carbocycles. The minimum absolute atomic E-state index is 0.175. The van der Waals surface area contributed by atoms with Crippen molar-refractivity contribution < 1.29 is 14.1 Å². The second-order valence-electron chi connectivity index (χ2n) is 5.40. The molecule has 0 aliphatic heterocycles. The number of benzene rings is 1. The summed E-state index contributed by atoms with van der Waals surface area (Å²) in [5, 5.41) is 6.85. The fourth-order valence-electron chi connectivity index (χ4n) is 2.42. The molecule has 2 aromatic rings. The number of thioether (sulfide) groups is 1. The van der Waals surface area contributed by atoms with Crippen molar-refractivity contribution >= 4 is 17.7 Å². The van der Waals surface area contributed by atoms with Crippen LogP contribution in [0.4, 0.5) is 0 Å². The van der Waals surface area contributed by atoms with E-state index in [1.54, 1.807) is 18.7 Å². The predicted octanol–water partition coefficient (Wildman–Crippen LogP) is 3.66. The van der Waals surface area contributed by atoms with Crippen LogP contribution in [0, 0.1) is 13.8 Å². The van der Waals surface area contributed by atoms with E-state index >= 15 is 0 Å². The molecule has 1 heterocycles. The normalized spacial score (nSPS) is 13.4. The lowest BCUT2D eigenvalue weighted by Crippen LogP contribution is -2.38. The van der Waals surface area contributed by atoms with Gasteiger partial charge in [0.05, 0.1) is 11.7 Å². The summed E-state index contributed by atoms with van der Waals surface area (Å²) in [6.45, 7) is 7.34. The average molecular weight is 334 g/mol. The molecule has 0 saturated heterocycles. The van der Waals surface area contributed by atoms with Gasteiger partial charge in [0, 0.05) is 10.5 Å². The van der Waals surface area contributed by atoms with E-state index in [9.17, 15) is 4.79 Å². The van der Waals surface area contributed by atoms with Gasteiger partial charge in [0.15, 0.2) is 6.10 Å². The Balaban J connectivity index is 1.96. The zero-order chi connectivity index (χ0) is 17.0. The highest BCUT2D eigenvalue weighted by Gasteiger charge is 2.22. The van der Waals surface area contributed by atoms with Crippen LogP contribution in [0.5, 0.6) is 5.75 Å². The molecule has 23 heavy (non-hydrogen) atoms. The molecular formula is C17H22N2O3S. The molecule has 124 valence electrons. The molecule has 1 N–H and O–H groups in total. The van der Waals surface area contributed by atoms with Crippen LogP contribution in [0.15, 0.2) is 33.7 Å². The van der Waals surface area contributed by atoms with E-state index in [0.29, 0.717) is 5.75 Å². The van der Waals surface area contributed by atoms with Gasteiger partial charge in [0.25, 0.3) is 5.91 Å². The van der Waals surface area contributed by atoms with Crippen LogP contribution < -0.4 is 10.1 Å². The monoisotopic (exact) mass is 334 g/mol. The first kappa shape index (κ1) is 17.4. The van der Waals surface area contributed by atoms with Crippen LogP contribution in [-0.2, 0) is 4.79 Å². The number of aryl methyl sites for hydroxylation is 2. The van der Waals surface area contributed by atoms with Crippen molar-refractivity contribution in [2.75, 3.05) is 6.26 Å². The lowest BCUT2D eigenvalue weighted by molar-refractivity contribution is -0.127. The SMILES string of the molecule is CSc1ccc(O[C@@H](C)C(=O)N[C@@H](C)c2c(C)noc2C)cc1. The number of rotatable bonds is 6. The van der Waals surface area contributed by atoms with Crippen molar-refractivity contribution in [3.05, 3.63) is 41.3 Å². The van der Waals surface area contributed by atoms with Crippen LogP contribution in [0.3, 0.4) is 0 Å². The Morgan fingerprint density at radius 2 is 1.91 bits per heavy atom. The zero-order valence-electron chi connectivity index (χ0n) is 14.0. The summed E-state index contributed by atoms with van der Waals surface area (Å²) in [5.41, 5.74) is 1.70. The third-order valence-corrected chi connectivity index (χ3v) is 4.37. The Hall–Kier alpha value is -1.95. The summed E-state index contributed by atoms with van der Waals surface area (Å²) in [7, 11) is 0. The predicted molar refractivity (Wildman–Crippen MR) is 90.8 cm³/mol. The second-order valence-corrected chi connectivity index (χ2v) is 6.28. The van der Waals surface area contributed by atoms with Gasteiger partial charge in [-0.15, -0.1) is 11.8 Å². The number of aromatic nitrogens is 1. The van der Waals surface area contributed by atoms with Crippen LogP contribution >= 0.6 is 11.8 Å². The molecule has 1 aromatic carbocycles. The number of nitrogens with zero attached hydrogens (tertiary/aromatic N) is 1. The lowest BCUT2D eigenvalue weighted by atomic mass is 10.1. The highest BCUT2D eigenvalue weighted by Crippen LogP contribution is 2.22. The Bertz CT molecular complexity index is 647. The Kier molecular flexibility index (Phi) is 5.71. The molecule has 0 bridgehead atoms. The molecule has 0 saturated carbocycles. The van der Waals surface area contributed by atoms with Crippen molar-refractivity contribution in [3.8, 4) is 5.75 Å². The second kappa shape index (κ2) is 7.55. The third-order valence-electron chi connectivity index (χ3n) is 3.62. The van der Waals surface area contributed by atoms with Crippen molar-refractivity contribution in [1.29, 1.82) is 0 Å². The van der Waals surface area contributed by atoms with Gasteiger partial charge in [-0.05, 0) is 58.2 Å². The van der Waals surface area contributed by atoms with Crippen molar-refractivity contribution in [2.45, 2.75) is 44.7 Å². The van der Waals surface area contributed by atoms with Crippen molar-refractivity contribution in [2.24, 2.45) is 0 Å². The smallest absolute Gasteiger partial charge is 0.261 e. The molecule has 5 nitrogen and oxygen atoms in total. The molecular weight excluding hydrogens is 312 g/mol. The van der Waals surface area contributed by atoms with E-state index in [-0.39, 0.29) is 11.9 Å². The van der Waals surface area contributed by atoms with Gasteiger partial charge in [-0.3, -0.25) is 4.79 Å². The summed E-state index contributed by atoms with van der Waals surface area (Å²) < 4.78 is 10.8. The van der Waals surface area contributed by atoms with Gasteiger partial charge < -0.3 is 14.6 Å². The number of hydrogen-bond acceptors (Lipinski definition) is 5. The highest BCUT2D eigenvalue weighted by atomic mass is 32.2. The summed E-state index contributed by atoms with van der Waals surface area (Å²) in [6, 6.07) is 7.49. The summed E-state index contributed by atoms with van der Waals surface area (Å²) in [4.78, 5) is 13.5. The summed E-state index contributed by atoms with van der Waals surface area (Å²) in [5.74, 6) is 1.22. The van der Waals surface area contributed by atoms with Gasteiger partial charge in [0.1, 0.15) is 11.5 Å². The van der Waals surface area contributed by atoms with E-state index in [1.807, 2.05) is 51.3 Å². The number of hydrogen-bond donors (Lipinski definition) is 1. The molecule has 6 heteroatoms. The minimum Gasteiger partial charge on any atom is -0.481 e. The van der Waals surface area contributed by atoms with Crippen LogP contribution in [0.25, 0.3) is 0 Å². The maximum absolute atomic E-state index is 12.3. The Morgan fingerprint density at radius 1 is 1.26 bits per heavy atom. The van der Waals surface area contributed by atoms with E-state index in [1.165, 1.54) is 0 Å². The highest BCUT2D eigenvalue weighted by molar-refractivity contribution is 7.98. The van der Waals surface area contributed by atoms with E-state index in [4.69, 9.17) is 9.26 Å². The van der Waals surface area contributed by atoms with Crippen molar-refractivity contribution in [1.82, 2.24) is 10.5 Å². The Labute approximate surface area is 140 Å². The van der Waals surface area contributed by atoms with E-state index in [0.717, 1.165) is 21.9 Å². The molecule has 0 aliphatic rings. The van der Waals surface area contributed by atoms with E-state index in [2.05, 4.69) is 10.5 Å². The molecule has 0 fully saturated rings. The van der Waals surface area contributed by atoms with Crippen LogP contribution in [0.2, 0.25) is 0 Å². The minimum atomic E-state index is -0.585. The largest absolute Gasteiger partial charge is 0.481 e. The molecule has 1 aromatic heterocycles. The fourth-order valence-corrected chi connectivity index (χ4v) is 2.83. The first-order valence-electron chi connectivity index (χ1n) is 7.46. The molecule has 1 amide bonds. The van der Waals surface area contributed by atoms with Gasteiger partial charge in [0.2, 0.25) is 0 Å². The van der Waals surface area contributed by atoms with Gasteiger partial charge in [-0.2, -0.15) is 0 Å². The molecule has 0 unspecified atom stereocenters. The fraction of sp³-hybridized carbons (Fsp3) is 0.412. The standard InChI is InChI=1S/C17H22N2O3S/c1-10(16-11(2)19-22-12(16)3)18-17(20)13(4)21-14-6-8-15(23-5)9-7-14/h6-10,13H,1-5H3,(H,18,20)/t10-,13-/m0/s1. The Morgan fingerprint density at radius 3 is 2.43 bits per heavy atom. The maximum Gasteiger partial charge on any atom is 0.261 e. The number of carbonyl (C=O) groups is 1. The molecule has 0 radical (unpaired) electrons. The molecule has 0 spiro atoms. The van der Waals surface area contributed by atoms with Crippen LogP contribution in [0.1, 0.15) is 36.9 Å². The molecule has 2 atom stereocenters. The quantitative estimate of drug-likeness (QED) is 0.817. The topological polar surface area (TPSA) is 64.4 Å². The van der Waals surface area contributed by atoms with Gasteiger partial charge in [-0.25, -0.2) is 0 Å². The molecule has 2 rings (SSSR count). The number of amides is 1. The number of ether oxygens (including phenoxy) is 1. The average Bonchev–Trinajstić information content (AvgIpc) is 2.86. The van der Waals surface area contributed by atoms with Crippen molar-refractivity contribution in [3.63, 3.8) is 0 Å². The van der Waals surface area contributed by atoms with Gasteiger partial charge >= 0.3 is 0 Å². The van der Waals surface area contributed by atoms with Crippen LogP contribution in [-0.4, -0.2) is 23.4 Å². The first-order valence-corrected chi connectivity index (χ1v) is 8.68.